The summed E-state index contributed by atoms with van der Waals surface area (Å²) in [7, 11) is -3.18. The van der Waals surface area contributed by atoms with E-state index in [1.54, 1.807) is 0 Å². The van der Waals surface area contributed by atoms with Gasteiger partial charge in [0, 0.05) is 13.1 Å². The molecule has 0 saturated carbocycles. The Morgan fingerprint density at radius 1 is 1.15 bits per heavy atom. The summed E-state index contributed by atoms with van der Waals surface area (Å²) in [5, 5.41) is 18.5. The van der Waals surface area contributed by atoms with E-state index in [2.05, 4.69) is 0 Å². The average molecular weight is 209 g/mol. The lowest BCUT2D eigenvalue weighted by atomic mass is 10.1. The van der Waals surface area contributed by atoms with Gasteiger partial charge in [0.15, 0.2) is 0 Å². The van der Waals surface area contributed by atoms with Crippen LogP contribution in [0.4, 0.5) is 0 Å². The summed E-state index contributed by atoms with van der Waals surface area (Å²) < 4.78 is 23.5. The molecule has 1 aliphatic rings. The quantitative estimate of drug-likeness (QED) is 0.566. The van der Waals surface area contributed by atoms with Crippen LogP contribution in [0.2, 0.25) is 0 Å². The number of aliphatic hydroxyl groups excluding tert-OH is 2. The minimum atomic E-state index is -3.18. The average Bonchev–Trinajstić information content (AvgIpc) is 2.14. The zero-order chi connectivity index (χ0) is 10.1. The van der Waals surface area contributed by atoms with E-state index in [1.807, 2.05) is 0 Å². The van der Waals surface area contributed by atoms with Crippen molar-refractivity contribution in [1.82, 2.24) is 4.31 Å². The second-order valence-electron chi connectivity index (χ2n) is 3.37. The van der Waals surface area contributed by atoms with Crippen molar-refractivity contribution in [2.75, 3.05) is 19.3 Å². The van der Waals surface area contributed by atoms with Gasteiger partial charge in [0.05, 0.1) is 18.5 Å². The fraction of sp³-hybridized carbons (Fsp3) is 1.00. The van der Waals surface area contributed by atoms with Crippen LogP contribution in [0.25, 0.3) is 0 Å². The number of nitrogens with zero attached hydrogens (tertiary/aromatic N) is 1. The molecule has 0 aliphatic carbocycles. The molecule has 1 saturated heterocycles. The molecule has 0 aromatic heterocycles. The summed E-state index contributed by atoms with van der Waals surface area (Å²) in [5.41, 5.74) is 0. The summed E-state index contributed by atoms with van der Waals surface area (Å²) in [6.07, 6.45) is 0.137. The first-order valence-corrected chi connectivity index (χ1v) is 6.07. The Morgan fingerprint density at radius 3 is 1.85 bits per heavy atom. The Morgan fingerprint density at radius 2 is 1.54 bits per heavy atom. The zero-order valence-electron chi connectivity index (χ0n) is 7.55. The van der Waals surface area contributed by atoms with Crippen molar-refractivity contribution in [2.45, 2.75) is 25.0 Å². The van der Waals surface area contributed by atoms with E-state index in [9.17, 15) is 18.6 Å². The van der Waals surface area contributed by atoms with E-state index < -0.39 is 22.2 Å². The highest BCUT2D eigenvalue weighted by atomic mass is 32.2. The summed E-state index contributed by atoms with van der Waals surface area (Å²) in [5.74, 6) is 0. The van der Waals surface area contributed by atoms with Crippen LogP contribution in [-0.4, -0.2) is 54.5 Å². The molecule has 5 nitrogen and oxygen atoms in total. The number of hydrogen-bond donors (Lipinski definition) is 2. The number of hydrogen-bond acceptors (Lipinski definition) is 4. The van der Waals surface area contributed by atoms with Crippen LogP contribution < -0.4 is 0 Å². The van der Waals surface area contributed by atoms with Crippen LogP contribution >= 0.6 is 0 Å². The highest BCUT2D eigenvalue weighted by molar-refractivity contribution is 7.88. The van der Waals surface area contributed by atoms with Crippen LogP contribution in [0, 0.1) is 0 Å². The zero-order valence-corrected chi connectivity index (χ0v) is 8.37. The van der Waals surface area contributed by atoms with Gasteiger partial charge in [-0.15, -0.1) is 0 Å². The van der Waals surface area contributed by atoms with Crippen molar-refractivity contribution in [3.8, 4) is 0 Å². The minimum absolute atomic E-state index is 0.289. The Hall–Kier alpha value is -0.170. The maximum absolute atomic E-state index is 11.1. The third kappa shape index (κ3) is 2.91. The van der Waals surface area contributed by atoms with Crippen molar-refractivity contribution in [2.24, 2.45) is 0 Å². The Balaban J connectivity index is 2.65. The summed E-state index contributed by atoms with van der Waals surface area (Å²) >= 11 is 0. The molecule has 2 atom stereocenters. The van der Waals surface area contributed by atoms with Crippen LogP contribution in [0.5, 0.6) is 0 Å². The molecule has 1 aliphatic heterocycles. The van der Waals surface area contributed by atoms with E-state index in [0.717, 1.165) is 6.26 Å². The summed E-state index contributed by atoms with van der Waals surface area (Å²) in [6.45, 7) is 0.578. The van der Waals surface area contributed by atoms with Crippen LogP contribution in [-0.2, 0) is 10.0 Å². The van der Waals surface area contributed by atoms with E-state index in [0.29, 0.717) is 12.8 Å². The Bertz CT molecular complexity index is 252. The van der Waals surface area contributed by atoms with Crippen molar-refractivity contribution in [3.05, 3.63) is 0 Å². The summed E-state index contributed by atoms with van der Waals surface area (Å²) in [6, 6.07) is 0. The van der Waals surface area contributed by atoms with Crippen molar-refractivity contribution < 1.29 is 18.6 Å². The SMILES string of the molecule is CS(=O)(=O)N1CC[C@@H](O)[C@@H](O)CC1. The second kappa shape index (κ2) is 3.91. The largest absolute Gasteiger partial charge is 0.390 e. The van der Waals surface area contributed by atoms with Gasteiger partial charge in [-0.1, -0.05) is 0 Å². The molecule has 0 radical (unpaired) electrons. The monoisotopic (exact) mass is 209 g/mol. The molecule has 0 aromatic rings. The molecule has 1 rings (SSSR count). The predicted molar refractivity (Wildman–Crippen MR) is 47.7 cm³/mol. The lowest BCUT2D eigenvalue weighted by molar-refractivity contribution is 0.0187. The third-order valence-corrected chi connectivity index (χ3v) is 3.56. The van der Waals surface area contributed by atoms with E-state index in [1.165, 1.54) is 4.31 Å². The lowest BCUT2D eigenvalue weighted by Gasteiger charge is -2.16. The number of aliphatic hydroxyl groups is 2. The van der Waals surface area contributed by atoms with Crippen molar-refractivity contribution in [1.29, 1.82) is 0 Å². The molecule has 6 heteroatoms. The molecule has 78 valence electrons. The molecule has 0 spiro atoms. The standard InChI is InChI=1S/C7H15NO4S/c1-13(11,12)8-4-2-6(9)7(10)3-5-8/h6-7,9-10H,2-5H2,1H3/t6-,7+. The van der Waals surface area contributed by atoms with Gasteiger partial charge in [0.1, 0.15) is 0 Å². The minimum Gasteiger partial charge on any atom is -0.390 e. The smallest absolute Gasteiger partial charge is 0.211 e. The van der Waals surface area contributed by atoms with Gasteiger partial charge in [0.2, 0.25) is 10.0 Å². The topological polar surface area (TPSA) is 77.8 Å². The molecular weight excluding hydrogens is 194 g/mol. The highest BCUT2D eigenvalue weighted by Gasteiger charge is 2.26. The van der Waals surface area contributed by atoms with Gasteiger partial charge in [-0.25, -0.2) is 12.7 Å². The normalized spacial score (nSPS) is 32.8. The second-order valence-corrected chi connectivity index (χ2v) is 5.36. The van der Waals surface area contributed by atoms with Gasteiger partial charge < -0.3 is 10.2 Å². The van der Waals surface area contributed by atoms with Gasteiger partial charge >= 0.3 is 0 Å². The predicted octanol–water partition coefficient (Wildman–Crippen LogP) is -1.24. The van der Waals surface area contributed by atoms with Gasteiger partial charge in [0.25, 0.3) is 0 Å². The molecule has 13 heavy (non-hydrogen) atoms. The van der Waals surface area contributed by atoms with Crippen LogP contribution in [0.3, 0.4) is 0 Å². The lowest BCUT2D eigenvalue weighted by Crippen LogP contribution is -2.31. The molecule has 1 heterocycles. The maximum Gasteiger partial charge on any atom is 0.211 e. The molecular formula is C7H15NO4S. The molecule has 2 N–H and O–H groups in total. The van der Waals surface area contributed by atoms with Crippen molar-refractivity contribution >= 4 is 10.0 Å². The fourth-order valence-corrected chi connectivity index (χ4v) is 2.25. The Labute approximate surface area is 78.0 Å². The van der Waals surface area contributed by atoms with E-state index in [-0.39, 0.29) is 13.1 Å². The maximum atomic E-state index is 11.1. The summed E-state index contributed by atoms with van der Waals surface area (Å²) in [4.78, 5) is 0. The van der Waals surface area contributed by atoms with Crippen LogP contribution in [0.1, 0.15) is 12.8 Å². The molecule has 0 aromatic carbocycles. The first-order valence-electron chi connectivity index (χ1n) is 4.22. The molecule has 0 unspecified atom stereocenters. The first-order chi connectivity index (χ1) is 5.91. The van der Waals surface area contributed by atoms with Crippen molar-refractivity contribution in [3.63, 3.8) is 0 Å². The fourth-order valence-electron chi connectivity index (χ4n) is 1.38. The molecule has 0 bridgehead atoms. The third-order valence-electron chi connectivity index (χ3n) is 2.26. The van der Waals surface area contributed by atoms with E-state index >= 15 is 0 Å². The van der Waals surface area contributed by atoms with E-state index in [4.69, 9.17) is 0 Å². The van der Waals surface area contributed by atoms with Gasteiger partial charge in [-0.05, 0) is 12.8 Å². The van der Waals surface area contributed by atoms with Gasteiger partial charge in [-0.3, -0.25) is 0 Å². The molecule has 0 amide bonds. The number of sulfonamides is 1. The van der Waals surface area contributed by atoms with Crippen LogP contribution in [0.15, 0.2) is 0 Å². The first kappa shape index (κ1) is 10.9. The number of rotatable bonds is 1. The molecule has 1 fully saturated rings. The Kier molecular flexibility index (Phi) is 3.28. The highest BCUT2D eigenvalue weighted by Crippen LogP contribution is 2.13. The van der Waals surface area contributed by atoms with Gasteiger partial charge in [-0.2, -0.15) is 0 Å².